The first-order chi connectivity index (χ1) is 14.2. The second kappa shape index (κ2) is 21.3. The smallest absolute Gasteiger partial charge is 0.375 e. The van der Waals surface area contributed by atoms with Crippen LogP contribution in [0.15, 0.2) is 0 Å². The number of hydrogen-bond donors (Lipinski definition) is 0. The SMILES string of the molecule is CCCCCCCCCCCCCCCCCCOC(CC)[Si](OC)(OC)OC. The zero-order valence-electron chi connectivity index (χ0n) is 20.4. The van der Waals surface area contributed by atoms with Gasteiger partial charge in [-0.3, -0.25) is 0 Å². The van der Waals surface area contributed by atoms with Crippen molar-refractivity contribution in [2.75, 3.05) is 27.9 Å². The van der Waals surface area contributed by atoms with E-state index in [9.17, 15) is 0 Å². The Morgan fingerprint density at radius 3 is 1.17 bits per heavy atom. The molecule has 5 heteroatoms. The third-order valence-electron chi connectivity index (χ3n) is 5.94. The van der Waals surface area contributed by atoms with Gasteiger partial charge in [0.15, 0.2) is 0 Å². The first-order valence-electron chi connectivity index (χ1n) is 12.5. The van der Waals surface area contributed by atoms with E-state index in [1.807, 2.05) is 0 Å². The molecule has 0 aromatic carbocycles. The summed E-state index contributed by atoms with van der Waals surface area (Å²) in [6.07, 6.45) is 23.0. The molecule has 29 heavy (non-hydrogen) atoms. The Hall–Kier alpha value is 0.0569. The van der Waals surface area contributed by atoms with Crippen molar-refractivity contribution < 1.29 is 18.0 Å². The van der Waals surface area contributed by atoms with E-state index in [2.05, 4.69) is 13.8 Å². The number of hydrogen-bond acceptors (Lipinski definition) is 4. The summed E-state index contributed by atoms with van der Waals surface area (Å²) in [6, 6.07) is 0. The normalized spacial score (nSPS) is 13.1. The molecule has 0 aromatic rings. The van der Waals surface area contributed by atoms with Gasteiger partial charge >= 0.3 is 8.80 Å². The summed E-state index contributed by atoms with van der Waals surface area (Å²) in [5, 5.41) is 0. The molecule has 1 atom stereocenters. The average molecular weight is 433 g/mol. The molecule has 0 saturated carbocycles. The number of ether oxygens (including phenoxy) is 1. The molecule has 0 bridgehead atoms. The summed E-state index contributed by atoms with van der Waals surface area (Å²) in [5.41, 5.74) is -0.0705. The van der Waals surface area contributed by atoms with E-state index in [1.165, 1.54) is 96.3 Å². The monoisotopic (exact) mass is 432 g/mol. The molecule has 0 heterocycles. The van der Waals surface area contributed by atoms with Crippen LogP contribution in [0.4, 0.5) is 0 Å². The highest BCUT2D eigenvalue weighted by atomic mass is 28.4. The Morgan fingerprint density at radius 1 is 0.517 bits per heavy atom. The maximum Gasteiger partial charge on any atom is 0.530 e. The highest BCUT2D eigenvalue weighted by Crippen LogP contribution is 2.19. The predicted molar refractivity (Wildman–Crippen MR) is 126 cm³/mol. The summed E-state index contributed by atoms with van der Waals surface area (Å²) in [4.78, 5) is 0. The van der Waals surface area contributed by atoms with E-state index < -0.39 is 8.80 Å². The maximum atomic E-state index is 6.04. The van der Waals surface area contributed by atoms with Gasteiger partial charge < -0.3 is 18.0 Å². The topological polar surface area (TPSA) is 36.9 Å². The Balaban J connectivity index is 3.43. The summed E-state index contributed by atoms with van der Waals surface area (Å²) >= 11 is 0. The van der Waals surface area contributed by atoms with Gasteiger partial charge in [0.1, 0.15) is 5.73 Å². The standard InChI is InChI=1S/C24H52O4Si/c1-6-8-9-10-11-12-13-14-15-16-17-18-19-20-21-22-23-28-24(7-2)29(25-3,26-4)27-5/h24H,6-23H2,1-5H3. The van der Waals surface area contributed by atoms with Crippen LogP contribution in [-0.4, -0.2) is 42.5 Å². The average Bonchev–Trinajstić information content (AvgIpc) is 2.75. The van der Waals surface area contributed by atoms with Crippen LogP contribution in [0, 0.1) is 0 Å². The predicted octanol–water partition coefficient (Wildman–Crippen LogP) is 7.46. The fraction of sp³-hybridized carbons (Fsp3) is 1.00. The van der Waals surface area contributed by atoms with E-state index >= 15 is 0 Å². The molecule has 0 amide bonds. The first kappa shape index (κ1) is 29.1. The minimum atomic E-state index is -2.68. The molecule has 0 saturated heterocycles. The van der Waals surface area contributed by atoms with Gasteiger partial charge in [-0.15, -0.1) is 0 Å². The van der Waals surface area contributed by atoms with Gasteiger partial charge in [-0.1, -0.05) is 110 Å². The Bertz CT molecular complexity index is 316. The fourth-order valence-electron chi connectivity index (χ4n) is 3.99. The molecule has 0 N–H and O–H groups in total. The van der Waals surface area contributed by atoms with Crippen LogP contribution < -0.4 is 0 Å². The van der Waals surface area contributed by atoms with Crippen LogP contribution in [0.25, 0.3) is 0 Å². The van der Waals surface area contributed by atoms with Crippen LogP contribution in [-0.2, 0) is 18.0 Å². The van der Waals surface area contributed by atoms with Crippen LogP contribution in [0.1, 0.15) is 123 Å². The van der Waals surface area contributed by atoms with Crippen molar-refractivity contribution in [3.8, 4) is 0 Å². The fourth-order valence-corrected chi connectivity index (χ4v) is 6.10. The molecule has 1 unspecified atom stereocenters. The Kier molecular flexibility index (Phi) is 21.3. The van der Waals surface area contributed by atoms with Crippen LogP contribution >= 0.6 is 0 Å². The highest BCUT2D eigenvalue weighted by Gasteiger charge is 2.47. The molecule has 0 fully saturated rings. The van der Waals surface area contributed by atoms with E-state index in [1.54, 1.807) is 21.3 Å². The largest absolute Gasteiger partial charge is 0.530 e. The molecule has 0 spiro atoms. The van der Waals surface area contributed by atoms with Gasteiger partial charge in [-0.2, -0.15) is 0 Å². The molecular formula is C24H52O4Si. The molecule has 0 aliphatic heterocycles. The van der Waals surface area contributed by atoms with E-state index in [-0.39, 0.29) is 5.73 Å². The lowest BCUT2D eigenvalue weighted by atomic mass is 10.0. The Morgan fingerprint density at radius 2 is 0.862 bits per heavy atom. The van der Waals surface area contributed by atoms with Crippen molar-refractivity contribution in [2.45, 2.75) is 129 Å². The highest BCUT2D eigenvalue weighted by molar-refractivity contribution is 6.62. The lowest BCUT2D eigenvalue weighted by Crippen LogP contribution is -2.55. The van der Waals surface area contributed by atoms with Crippen molar-refractivity contribution in [3.05, 3.63) is 0 Å². The van der Waals surface area contributed by atoms with Gasteiger partial charge in [0, 0.05) is 27.9 Å². The molecule has 0 aliphatic rings. The van der Waals surface area contributed by atoms with Gasteiger partial charge in [0.25, 0.3) is 0 Å². The third-order valence-corrected chi connectivity index (χ3v) is 9.01. The summed E-state index contributed by atoms with van der Waals surface area (Å²) in [6.45, 7) is 5.15. The van der Waals surface area contributed by atoms with Crippen molar-refractivity contribution in [3.63, 3.8) is 0 Å². The van der Waals surface area contributed by atoms with Crippen molar-refractivity contribution in [2.24, 2.45) is 0 Å². The molecule has 0 rings (SSSR count). The molecule has 0 aliphatic carbocycles. The quantitative estimate of drug-likeness (QED) is 0.124. The van der Waals surface area contributed by atoms with Crippen molar-refractivity contribution in [1.82, 2.24) is 0 Å². The van der Waals surface area contributed by atoms with Gasteiger partial charge in [-0.05, 0) is 12.8 Å². The maximum absolute atomic E-state index is 6.04. The van der Waals surface area contributed by atoms with Crippen LogP contribution in [0.2, 0.25) is 0 Å². The molecule has 4 nitrogen and oxygen atoms in total. The lowest BCUT2D eigenvalue weighted by molar-refractivity contribution is 0.0102. The summed E-state index contributed by atoms with van der Waals surface area (Å²) < 4.78 is 22.7. The van der Waals surface area contributed by atoms with Crippen molar-refractivity contribution >= 4 is 8.80 Å². The first-order valence-corrected chi connectivity index (χ1v) is 14.3. The van der Waals surface area contributed by atoms with Gasteiger partial charge in [0.05, 0.1) is 0 Å². The summed E-state index contributed by atoms with van der Waals surface area (Å²) in [7, 11) is 2.28. The molecule has 0 radical (unpaired) electrons. The second-order valence-electron chi connectivity index (χ2n) is 8.29. The van der Waals surface area contributed by atoms with Crippen molar-refractivity contribution in [1.29, 1.82) is 0 Å². The minimum Gasteiger partial charge on any atom is -0.375 e. The van der Waals surface area contributed by atoms with E-state index in [0.29, 0.717) is 0 Å². The minimum absolute atomic E-state index is 0.0705. The third kappa shape index (κ3) is 14.7. The van der Waals surface area contributed by atoms with E-state index in [0.717, 1.165) is 19.4 Å². The second-order valence-corrected chi connectivity index (χ2v) is 11.4. The lowest BCUT2D eigenvalue weighted by Gasteiger charge is -2.31. The van der Waals surface area contributed by atoms with Gasteiger partial charge in [0.2, 0.25) is 0 Å². The van der Waals surface area contributed by atoms with Crippen LogP contribution in [0.5, 0.6) is 0 Å². The zero-order valence-corrected chi connectivity index (χ0v) is 21.4. The zero-order chi connectivity index (χ0) is 21.6. The Labute approximate surface area is 183 Å². The van der Waals surface area contributed by atoms with Gasteiger partial charge in [-0.25, -0.2) is 0 Å². The number of unbranched alkanes of at least 4 members (excludes halogenated alkanes) is 15. The molecular weight excluding hydrogens is 380 g/mol. The molecule has 0 aromatic heterocycles. The summed E-state index contributed by atoms with van der Waals surface area (Å²) in [5.74, 6) is 0. The number of rotatable bonds is 23. The van der Waals surface area contributed by atoms with E-state index in [4.69, 9.17) is 18.0 Å². The van der Waals surface area contributed by atoms with Crippen LogP contribution in [0.3, 0.4) is 0 Å². The molecule has 176 valence electrons.